The highest BCUT2D eigenvalue weighted by molar-refractivity contribution is 5.75. The number of carbonyl (C=O) groups is 2. The molecule has 6 heteroatoms. The van der Waals surface area contributed by atoms with Gasteiger partial charge in [-0.15, -0.1) is 0 Å². The van der Waals surface area contributed by atoms with Crippen LogP contribution in [0.5, 0.6) is 5.75 Å². The van der Waals surface area contributed by atoms with Crippen molar-refractivity contribution in [2.45, 2.75) is 84.3 Å². The second-order valence-corrected chi connectivity index (χ2v) is 11.4. The zero-order valence-electron chi connectivity index (χ0n) is 22.0. The van der Waals surface area contributed by atoms with E-state index in [9.17, 15) is 9.59 Å². The Morgan fingerprint density at radius 3 is 2.56 bits per heavy atom. The van der Waals surface area contributed by atoms with Crippen molar-refractivity contribution >= 4 is 12.1 Å². The van der Waals surface area contributed by atoms with Gasteiger partial charge in [0.1, 0.15) is 12.4 Å². The molecule has 0 saturated heterocycles. The number of alkyl carbamates (subject to hydrolysis) is 1. The first-order valence-electron chi connectivity index (χ1n) is 13.1. The lowest BCUT2D eigenvalue weighted by molar-refractivity contribution is -0.159. The molecule has 6 nitrogen and oxygen atoms in total. The van der Waals surface area contributed by atoms with E-state index in [0.717, 1.165) is 31.2 Å². The van der Waals surface area contributed by atoms with Crippen molar-refractivity contribution in [3.63, 3.8) is 0 Å². The van der Waals surface area contributed by atoms with Gasteiger partial charge in [-0.25, -0.2) is 4.79 Å². The molecule has 1 fully saturated rings. The standard InChI is InChI=1S/C30H39NO5/c1-29(2,3)27(32)36-20-35-24-15-14-22-17-23-13-9-6-10-16-30(4,25(22)18-24)26(23)31-28(33)34-19-21-11-7-5-8-12-21/h5,7-8,11-12,14-15,18,23,26H,6,9-10,13,16-17,19-20H2,1-4H3,(H,31,33)/t23-,26-,30+/m0/s1. The molecule has 0 aromatic heterocycles. The van der Waals surface area contributed by atoms with Crippen molar-refractivity contribution in [2.75, 3.05) is 6.79 Å². The summed E-state index contributed by atoms with van der Waals surface area (Å²) in [6.45, 7) is 7.84. The Labute approximate surface area is 214 Å². The average molecular weight is 494 g/mol. The van der Waals surface area contributed by atoms with Crippen LogP contribution in [0.15, 0.2) is 48.5 Å². The van der Waals surface area contributed by atoms with E-state index >= 15 is 0 Å². The fraction of sp³-hybridized carbons (Fsp3) is 0.533. The molecule has 36 heavy (non-hydrogen) atoms. The van der Waals surface area contributed by atoms with E-state index in [1.165, 1.54) is 24.0 Å². The summed E-state index contributed by atoms with van der Waals surface area (Å²) in [5, 5.41) is 3.26. The zero-order chi connectivity index (χ0) is 25.8. The van der Waals surface area contributed by atoms with Gasteiger partial charge >= 0.3 is 12.1 Å². The van der Waals surface area contributed by atoms with Crippen molar-refractivity contribution in [1.29, 1.82) is 0 Å². The summed E-state index contributed by atoms with van der Waals surface area (Å²) in [5.41, 5.74) is 2.66. The molecule has 0 aliphatic heterocycles. The summed E-state index contributed by atoms with van der Waals surface area (Å²) >= 11 is 0. The summed E-state index contributed by atoms with van der Waals surface area (Å²) in [5.74, 6) is 0.725. The Bertz CT molecular complexity index is 1060. The molecule has 0 unspecified atom stereocenters. The molecule has 2 aromatic carbocycles. The van der Waals surface area contributed by atoms with Gasteiger partial charge in [-0.3, -0.25) is 4.79 Å². The Morgan fingerprint density at radius 1 is 1.03 bits per heavy atom. The van der Waals surface area contributed by atoms with Gasteiger partial charge in [-0.1, -0.05) is 62.6 Å². The molecule has 194 valence electrons. The molecule has 0 radical (unpaired) electrons. The Balaban J connectivity index is 1.51. The number of ether oxygens (including phenoxy) is 3. The summed E-state index contributed by atoms with van der Waals surface area (Å²) in [4.78, 5) is 25.0. The van der Waals surface area contributed by atoms with Gasteiger partial charge in [0, 0.05) is 11.5 Å². The maximum absolute atomic E-state index is 12.9. The minimum Gasteiger partial charge on any atom is -0.457 e. The lowest BCUT2D eigenvalue weighted by Crippen LogP contribution is -2.57. The molecule has 2 aliphatic carbocycles. The predicted octanol–water partition coefficient (Wildman–Crippen LogP) is 6.30. The highest BCUT2D eigenvalue weighted by Crippen LogP contribution is 2.47. The highest BCUT2D eigenvalue weighted by atomic mass is 16.7. The molecule has 0 heterocycles. The third kappa shape index (κ3) is 6.03. The first kappa shape index (κ1) is 26.1. The largest absolute Gasteiger partial charge is 0.457 e. The van der Waals surface area contributed by atoms with Crippen molar-refractivity contribution in [2.24, 2.45) is 11.3 Å². The van der Waals surface area contributed by atoms with Gasteiger partial charge in [0.25, 0.3) is 0 Å². The number of hydrogen-bond donors (Lipinski definition) is 1. The maximum Gasteiger partial charge on any atom is 0.407 e. The van der Waals surface area contributed by atoms with Gasteiger partial charge < -0.3 is 19.5 Å². The van der Waals surface area contributed by atoms with Crippen LogP contribution in [-0.4, -0.2) is 24.9 Å². The Kier molecular flexibility index (Phi) is 7.91. The van der Waals surface area contributed by atoms with Gasteiger partial charge in [0.15, 0.2) is 0 Å². The van der Waals surface area contributed by atoms with Crippen LogP contribution in [0.1, 0.15) is 76.5 Å². The third-order valence-corrected chi connectivity index (χ3v) is 7.62. The lowest BCUT2D eigenvalue weighted by atomic mass is 9.59. The van der Waals surface area contributed by atoms with Crippen LogP contribution in [0.3, 0.4) is 0 Å². The van der Waals surface area contributed by atoms with E-state index in [2.05, 4.69) is 24.4 Å². The number of fused-ring (bicyclic) bond motifs is 4. The molecular weight excluding hydrogens is 454 g/mol. The summed E-state index contributed by atoms with van der Waals surface area (Å²) in [6, 6.07) is 15.9. The highest BCUT2D eigenvalue weighted by Gasteiger charge is 2.46. The van der Waals surface area contributed by atoms with Crippen LogP contribution in [0.2, 0.25) is 0 Å². The number of esters is 1. The van der Waals surface area contributed by atoms with Gasteiger partial charge in [0.05, 0.1) is 5.41 Å². The number of amides is 1. The number of benzene rings is 2. The molecule has 2 aliphatic rings. The second kappa shape index (κ2) is 10.9. The molecular formula is C30H39NO5. The summed E-state index contributed by atoms with van der Waals surface area (Å²) in [7, 11) is 0. The van der Waals surface area contributed by atoms with Crippen LogP contribution >= 0.6 is 0 Å². The topological polar surface area (TPSA) is 73.9 Å². The van der Waals surface area contributed by atoms with E-state index in [1.807, 2.05) is 57.2 Å². The zero-order valence-corrected chi connectivity index (χ0v) is 22.0. The van der Waals surface area contributed by atoms with Crippen molar-refractivity contribution in [3.05, 3.63) is 65.2 Å². The van der Waals surface area contributed by atoms with Crippen molar-refractivity contribution < 1.29 is 23.8 Å². The number of rotatable bonds is 6. The first-order valence-corrected chi connectivity index (χ1v) is 13.1. The normalized spacial score (nSPS) is 23.4. The van der Waals surface area contributed by atoms with Gasteiger partial charge in [-0.2, -0.15) is 0 Å². The van der Waals surface area contributed by atoms with E-state index in [0.29, 0.717) is 11.7 Å². The van der Waals surface area contributed by atoms with Crippen molar-refractivity contribution in [1.82, 2.24) is 5.32 Å². The Morgan fingerprint density at radius 2 is 1.81 bits per heavy atom. The molecule has 1 saturated carbocycles. The monoisotopic (exact) mass is 493 g/mol. The van der Waals surface area contributed by atoms with Gasteiger partial charge in [0.2, 0.25) is 6.79 Å². The van der Waals surface area contributed by atoms with Crippen LogP contribution in [0.4, 0.5) is 4.79 Å². The minimum absolute atomic E-state index is 0.0254. The van der Waals surface area contributed by atoms with Crippen LogP contribution in [-0.2, 0) is 32.7 Å². The van der Waals surface area contributed by atoms with Crippen molar-refractivity contribution in [3.8, 4) is 5.75 Å². The third-order valence-electron chi connectivity index (χ3n) is 7.62. The van der Waals surface area contributed by atoms with Gasteiger partial charge in [-0.05, 0) is 74.8 Å². The maximum atomic E-state index is 12.9. The van der Waals surface area contributed by atoms with Crippen LogP contribution in [0, 0.1) is 11.3 Å². The summed E-state index contributed by atoms with van der Waals surface area (Å²) < 4.78 is 16.7. The fourth-order valence-electron chi connectivity index (χ4n) is 5.61. The van der Waals surface area contributed by atoms with E-state index in [-0.39, 0.29) is 36.9 Å². The quantitative estimate of drug-likeness (QED) is 0.378. The van der Waals surface area contributed by atoms with E-state index < -0.39 is 5.41 Å². The molecule has 4 rings (SSSR count). The summed E-state index contributed by atoms with van der Waals surface area (Å²) in [6.07, 6.45) is 6.08. The average Bonchev–Trinajstić information content (AvgIpc) is 2.84. The SMILES string of the molecule is CC(C)(C)C(=O)OCOc1ccc2c(c1)[C@@]1(C)CCCCC[C@@H](C2)[C@@H]1NC(=O)OCc1ccccc1. The minimum atomic E-state index is -0.575. The molecule has 2 aromatic rings. The molecule has 3 atom stereocenters. The smallest absolute Gasteiger partial charge is 0.407 e. The van der Waals surface area contributed by atoms with E-state index in [4.69, 9.17) is 14.2 Å². The first-order chi connectivity index (χ1) is 17.2. The van der Waals surface area contributed by atoms with E-state index in [1.54, 1.807) is 0 Å². The number of nitrogens with one attached hydrogen (secondary N) is 1. The Hall–Kier alpha value is -3.02. The van der Waals surface area contributed by atoms with Crippen LogP contribution < -0.4 is 10.1 Å². The predicted molar refractivity (Wildman–Crippen MR) is 139 cm³/mol. The molecule has 0 spiro atoms. The second-order valence-electron chi connectivity index (χ2n) is 11.4. The lowest BCUT2D eigenvalue weighted by Gasteiger charge is -2.49. The molecule has 2 bridgehead atoms. The fourth-order valence-corrected chi connectivity index (χ4v) is 5.61. The molecule has 1 amide bonds. The number of hydrogen-bond acceptors (Lipinski definition) is 5. The molecule has 1 N–H and O–H groups in total. The van der Waals surface area contributed by atoms with Crippen LogP contribution in [0.25, 0.3) is 0 Å². The number of carbonyl (C=O) groups excluding carboxylic acids is 2.